The Hall–Kier alpha value is 0.110. The molecule has 1 aliphatic carbocycles. The van der Waals surface area contributed by atoms with Crippen molar-refractivity contribution in [2.75, 3.05) is 13.2 Å². The van der Waals surface area contributed by atoms with Gasteiger partial charge in [0.05, 0.1) is 24.9 Å². The Kier molecular flexibility index (Phi) is 4.57. The molecule has 3 atom stereocenters. The molecule has 1 aromatic rings. The molecule has 108 valence electrons. The minimum Gasteiger partial charge on any atom is -0.461 e. The van der Waals surface area contributed by atoms with Gasteiger partial charge < -0.3 is 9.47 Å². The smallest absolute Gasteiger partial charge is 0.339 e. The fraction of sp³-hybridized carbons (Fsp3) is 0.533. The maximum absolute atomic E-state index is 12.2. The average Bonchev–Trinajstić information content (AvgIpc) is 2.82. The molecule has 2 fully saturated rings. The summed E-state index contributed by atoms with van der Waals surface area (Å²) in [4.78, 5) is 12.2. The van der Waals surface area contributed by atoms with Crippen molar-refractivity contribution in [1.29, 1.82) is 0 Å². The molecule has 2 aliphatic rings. The lowest BCUT2D eigenvalue weighted by Crippen LogP contribution is -2.35. The fourth-order valence-electron chi connectivity index (χ4n) is 2.96. The molecule has 1 unspecified atom stereocenters. The first-order valence-corrected chi connectivity index (χ1v) is 9.09. The lowest BCUT2D eigenvalue weighted by Gasteiger charge is -2.32. The molecule has 2 bridgehead atoms. The predicted octanol–water partition coefficient (Wildman–Crippen LogP) is 3.82. The van der Waals surface area contributed by atoms with E-state index in [4.69, 9.17) is 9.47 Å². The van der Waals surface area contributed by atoms with Crippen LogP contribution in [0.2, 0.25) is 0 Å². The number of benzene rings is 1. The van der Waals surface area contributed by atoms with Crippen molar-refractivity contribution >= 4 is 51.2 Å². The highest BCUT2D eigenvalue weighted by Crippen LogP contribution is 2.46. The van der Waals surface area contributed by atoms with E-state index in [2.05, 4.69) is 45.2 Å². The van der Waals surface area contributed by atoms with Crippen molar-refractivity contribution in [2.45, 2.75) is 29.3 Å². The van der Waals surface area contributed by atoms with Crippen LogP contribution < -0.4 is 0 Å². The Balaban J connectivity index is 1.63. The molecular formula is C15H16I2O3. The molecule has 1 saturated heterocycles. The lowest BCUT2D eigenvalue weighted by atomic mass is 9.76. The quantitative estimate of drug-likeness (QED) is 0.362. The van der Waals surface area contributed by atoms with Gasteiger partial charge in [-0.15, -0.1) is 0 Å². The monoisotopic (exact) mass is 498 g/mol. The summed E-state index contributed by atoms with van der Waals surface area (Å²) in [5.41, 5.74) is 0.713. The van der Waals surface area contributed by atoms with E-state index in [9.17, 15) is 4.79 Å². The summed E-state index contributed by atoms with van der Waals surface area (Å²) < 4.78 is 13.0. The van der Waals surface area contributed by atoms with Gasteiger partial charge in [-0.1, -0.05) is 34.7 Å². The summed E-state index contributed by atoms with van der Waals surface area (Å²) in [5.74, 6) is -0.218. The molecule has 0 amide bonds. The maximum atomic E-state index is 12.2. The molecule has 3 rings (SSSR count). The van der Waals surface area contributed by atoms with Crippen LogP contribution in [0.1, 0.15) is 29.6 Å². The second kappa shape index (κ2) is 6.08. The molecule has 0 N–H and O–H groups in total. The van der Waals surface area contributed by atoms with Crippen LogP contribution in [-0.2, 0) is 9.47 Å². The third-order valence-corrected chi connectivity index (χ3v) is 6.56. The van der Waals surface area contributed by atoms with Crippen LogP contribution in [0.25, 0.3) is 0 Å². The van der Waals surface area contributed by atoms with Gasteiger partial charge in [0, 0.05) is 12.9 Å². The van der Waals surface area contributed by atoms with E-state index in [1.54, 1.807) is 0 Å². The van der Waals surface area contributed by atoms with Gasteiger partial charge >= 0.3 is 5.97 Å². The Labute approximate surface area is 146 Å². The summed E-state index contributed by atoms with van der Waals surface area (Å²) >= 11 is 4.64. The van der Waals surface area contributed by atoms with Crippen molar-refractivity contribution < 1.29 is 14.3 Å². The van der Waals surface area contributed by atoms with Crippen LogP contribution in [0.4, 0.5) is 0 Å². The number of rotatable bonds is 3. The van der Waals surface area contributed by atoms with E-state index in [1.165, 1.54) is 0 Å². The minimum atomic E-state index is -0.218. The van der Waals surface area contributed by atoms with Crippen LogP contribution in [0, 0.1) is 8.99 Å². The Bertz CT molecular complexity index is 520. The van der Waals surface area contributed by atoms with Crippen molar-refractivity contribution in [3.8, 4) is 0 Å². The van der Waals surface area contributed by atoms with Gasteiger partial charge in [0.1, 0.15) is 0 Å². The predicted molar refractivity (Wildman–Crippen MR) is 93.3 cm³/mol. The Morgan fingerprint density at radius 1 is 1.45 bits per heavy atom. The van der Waals surface area contributed by atoms with Gasteiger partial charge in [-0.05, 0) is 54.0 Å². The Morgan fingerprint density at radius 2 is 2.25 bits per heavy atom. The van der Waals surface area contributed by atoms with Gasteiger partial charge in [-0.3, -0.25) is 0 Å². The first-order valence-electron chi connectivity index (χ1n) is 6.77. The second-order valence-corrected chi connectivity index (χ2v) is 8.43. The first-order chi connectivity index (χ1) is 9.60. The zero-order valence-corrected chi connectivity index (χ0v) is 15.3. The number of fused-ring (bicyclic) bond motifs is 2. The molecule has 5 heteroatoms. The summed E-state index contributed by atoms with van der Waals surface area (Å²) in [6, 6.07) is 7.53. The standard InChI is InChI=1S/C15H16I2O3/c16-11-4-2-1-3-10(11)14(18)20-9-15-6-5-12(17)13(7-15)19-8-15/h1-4,12-13H,5-9H2/t12?,13-,15+/m0/s1. The summed E-state index contributed by atoms with van der Waals surface area (Å²) in [6.45, 7) is 1.22. The Morgan fingerprint density at radius 3 is 3.05 bits per heavy atom. The van der Waals surface area contributed by atoms with Crippen molar-refractivity contribution in [3.63, 3.8) is 0 Å². The molecule has 1 heterocycles. The first kappa shape index (κ1) is 15.0. The van der Waals surface area contributed by atoms with Crippen LogP contribution in [0.3, 0.4) is 0 Å². The second-order valence-electron chi connectivity index (χ2n) is 5.66. The third kappa shape index (κ3) is 2.99. The lowest BCUT2D eigenvalue weighted by molar-refractivity contribution is 0.0230. The fourth-order valence-corrected chi connectivity index (χ4v) is 4.34. The number of ether oxygens (including phenoxy) is 2. The molecule has 0 aromatic heterocycles. The van der Waals surface area contributed by atoms with E-state index in [0.717, 1.165) is 29.4 Å². The van der Waals surface area contributed by atoms with E-state index in [1.807, 2.05) is 24.3 Å². The van der Waals surface area contributed by atoms with E-state index < -0.39 is 0 Å². The highest BCUT2D eigenvalue weighted by Gasteiger charge is 2.47. The van der Waals surface area contributed by atoms with Crippen LogP contribution in [0.5, 0.6) is 0 Å². The van der Waals surface area contributed by atoms with Crippen LogP contribution in [0.15, 0.2) is 24.3 Å². The molecule has 1 saturated carbocycles. The van der Waals surface area contributed by atoms with Crippen molar-refractivity contribution in [3.05, 3.63) is 33.4 Å². The number of carbonyl (C=O) groups excluding carboxylic acids is 1. The topological polar surface area (TPSA) is 35.5 Å². The van der Waals surface area contributed by atoms with E-state index in [0.29, 0.717) is 22.2 Å². The van der Waals surface area contributed by atoms with Crippen molar-refractivity contribution in [2.24, 2.45) is 5.41 Å². The van der Waals surface area contributed by atoms with Crippen molar-refractivity contribution in [1.82, 2.24) is 0 Å². The maximum Gasteiger partial charge on any atom is 0.339 e. The molecule has 3 nitrogen and oxygen atoms in total. The minimum absolute atomic E-state index is 0.0578. The number of hydrogen-bond acceptors (Lipinski definition) is 3. The van der Waals surface area contributed by atoms with Gasteiger partial charge in [0.25, 0.3) is 0 Å². The largest absolute Gasteiger partial charge is 0.461 e. The molecule has 1 aromatic carbocycles. The number of halogens is 2. The van der Waals surface area contributed by atoms with Gasteiger partial charge in [-0.2, -0.15) is 0 Å². The molecule has 1 aliphatic heterocycles. The van der Waals surface area contributed by atoms with Crippen LogP contribution >= 0.6 is 45.2 Å². The number of esters is 1. The SMILES string of the molecule is O=C(OC[C@]12CCC(I)[C@H](C1)OC2)c1ccccc1I. The zero-order valence-electron chi connectivity index (χ0n) is 11.0. The van der Waals surface area contributed by atoms with Gasteiger partial charge in [-0.25, -0.2) is 4.79 Å². The molecule has 20 heavy (non-hydrogen) atoms. The van der Waals surface area contributed by atoms with Gasteiger partial charge in [0.2, 0.25) is 0 Å². The summed E-state index contributed by atoms with van der Waals surface area (Å²) in [6.07, 6.45) is 3.63. The van der Waals surface area contributed by atoms with Crippen LogP contribution in [-0.4, -0.2) is 29.2 Å². The third-order valence-electron chi connectivity index (χ3n) is 4.19. The van der Waals surface area contributed by atoms with E-state index in [-0.39, 0.29) is 11.4 Å². The average molecular weight is 498 g/mol. The zero-order chi connectivity index (χ0) is 14.2. The molecular weight excluding hydrogens is 482 g/mol. The number of hydrogen-bond donors (Lipinski definition) is 0. The highest BCUT2D eigenvalue weighted by atomic mass is 127. The summed E-state index contributed by atoms with van der Waals surface area (Å²) in [5, 5.41) is 0. The highest BCUT2D eigenvalue weighted by molar-refractivity contribution is 14.1. The number of alkyl halides is 1. The summed E-state index contributed by atoms with van der Waals surface area (Å²) in [7, 11) is 0. The number of carbonyl (C=O) groups is 1. The van der Waals surface area contributed by atoms with Gasteiger partial charge in [0.15, 0.2) is 0 Å². The molecule has 0 radical (unpaired) electrons. The molecule has 0 spiro atoms. The van der Waals surface area contributed by atoms with E-state index >= 15 is 0 Å². The normalized spacial score (nSPS) is 32.1.